The number of benzene rings is 2. The highest BCUT2D eigenvalue weighted by atomic mass is 35.5. The number of carbonyl (C=O) groups is 1. The first-order valence-electron chi connectivity index (χ1n) is 7.58. The Balaban J connectivity index is 1.84. The lowest BCUT2D eigenvalue weighted by atomic mass is 10.1. The third kappa shape index (κ3) is 3.49. The van der Waals surface area contributed by atoms with Crippen LogP contribution in [0.5, 0.6) is 0 Å². The van der Waals surface area contributed by atoms with Crippen LogP contribution in [0.1, 0.15) is 24.0 Å². The summed E-state index contributed by atoms with van der Waals surface area (Å²) in [5.41, 5.74) is 8.12. The number of carbonyl (C=O) groups excluding carboxylic acids is 1. The number of anilines is 1. The second-order valence-corrected chi connectivity index (χ2v) is 5.94. The fraction of sp³-hybridized carbons (Fsp3) is 0.211. The molecular weight excluding hydrogens is 308 g/mol. The van der Waals surface area contributed by atoms with Crippen LogP contribution >= 0.6 is 11.6 Å². The maximum Gasteiger partial charge on any atom is 0.240 e. The van der Waals surface area contributed by atoms with Gasteiger partial charge < -0.3 is 10.6 Å². The summed E-state index contributed by atoms with van der Waals surface area (Å²) in [6.07, 6.45) is 1.72. The molecule has 3 rings (SSSR count). The van der Waals surface area contributed by atoms with Gasteiger partial charge in [0.1, 0.15) is 6.04 Å². The lowest BCUT2D eigenvalue weighted by Crippen LogP contribution is -2.40. The largest absolute Gasteiger partial charge is 0.368 e. The summed E-state index contributed by atoms with van der Waals surface area (Å²) in [6.45, 7) is 0.794. The summed E-state index contributed by atoms with van der Waals surface area (Å²) in [4.78, 5) is 13.5. The molecular formula is C19H17ClN2O. The maximum atomic E-state index is 11.5. The van der Waals surface area contributed by atoms with Gasteiger partial charge in [-0.1, -0.05) is 41.6 Å². The van der Waals surface area contributed by atoms with Crippen LogP contribution in [0.25, 0.3) is 0 Å². The second-order valence-electron chi connectivity index (χ2n) is 5.54. The highest BCUT2D eigenvalue weighted by Crippen LogP contribution is 2.32. The minimum absolute atomic E-state index is 0.270. The van der Waals surface area contributed by atoms with Gasteiger partial charge in [-0.15, -0.1) is 0 Å². The molecule has 0 spiro atoms. The number of nitrogens with two attached hydrogens (primary N) is 1. The average Bonchev–Trinajstić information content (AvgIpc) is 3.03. The number of nitrogens with zero attached hydrogens (tertiary/aromatic N) is 1. The smallest absolute Gasteiger partial charge is 0.240 e. The molecule has 0 saturated carbocycles. The van der Waals surface area contributed by atoms with E-state index in [0.717, 1.165) is 36.2 Å². The number of primary amides is 1. The molecule has 1 atom stereocenters. The van der Waals surface area contributed by atoms with Crippen molar-refractivity contribution in [2.75, 3.05) is 11.4 Å². The molecule has 23 heavy (non-hydrogen) atoms. The Morgan fingerprint density at radius 2 is 1.87 bits per heavy atom. The molecule has 2 N–H and O–H groups in total. The lowest BCUT2D eigenvalue weighted by molar-refractivity contribution is -0.119. The molecule has 3 nitrogen and oxygen atoms in total. The normalized spacial score (nSPS) is 16.7. The van der Waals surface area contributed by atoms with Gasteiger partial charge in [0.05, 0.1) is 10.7 Å². The molecule has 0 aliphatic carbocycles. The van der Waals surface area contributed by atoms with E-state index >= 15 is 0 Å². The van der Waals surface area contributed by atoms with Gasteiger partial charge in [-0.3, -0.25) is 4.79 Å². The SMILES string of the molecule is NC(=O)[C@H]1CCCN1c1ccc(C#Cc2ccccc2)cc1Cl. The van der Waals surface area contributed by atoms with Crippen molar-refractivity contribution in [1.29, 1.82) is 0 Å². The third-order valence-electron chi connectivity index (χ3n) is 3.96. The van der Waals surface area contributed by atoms with Crippen molar-refractivity contribution in [1.82, 2.24) is 0 Å². The minimum Gasteiger partial charge on any atom is -0.368 e. The van der Waals surface area contributed by atoms with Crippen LogP contribution in [0.4, 0.5) is 5.69 Å². The summed E-state index contributed by atoms with van der Waals surface area (Å²) in [7, 11) is 0. The molecule has 116 valence electrons. The fourth-order valence-electron chi connectivity index (χ4n) is 2.83. The molecule has 2 aromatic carbocycles. The fourth-order valence-corrected chi connectivity index (χ4v) is 3.12. The topological polar surface area (TPSA) is 46.3 Å². The Bertz CT molecular complexity index is 777. The molecule has 0 unspecified atom stereocenters. The van der Waals surface area contributed by atoms with E-state index in [9.17, 15) is 4.79 Å². The Morgan fingerprint density at radius 1 is 1.13 bits per heavy atom. The lowest BCUT2D eigenvalue weighted by Gasteiger charge is -2.25. The Morgan fingerprint density at radius 3 is 2.57 bits per heavy atom. The maximum absolute atomic E-state index is 11.5. The second kappa shape index (κ2) is 6.76. The number of hydrogen-bond donors (Lipinski definition) is 1. The summed E-state index contributed by atoms with van der Waals surface area (Å²) in [5.74, 6) is 5.92. The molecule has 0 bridgehead atoms. The summed E-state index contributed by atoms with van der Waals surface area (Å²) < 4.78 is 0. The van der Waals surface area contributed by atoms with Crippen molar-refractivity contribution in [3.05, 3.63) is 64.7 Å². The van der Waals surface area contributed by atoms with Crippen molar-refractivity contribution in [3.63, 3.8) is 0 Å². The van der Waals surface area contributed by atoms with Gasteiger partial charge in [0.15, 0.2) is 0 Å². The van der Waals surface area contributed by atoms with Crippen LogP contribution in [-0.4, -0.2) is 18.5 Å². The number of hydrogen-bond acceptors (Lipinski definition) is 2. The van der Waals surface area contributed by atoms with Crippen molar-refractivity contribution in [3.8, 4) is 11.8 Å². The zero-order chi connectivity index (χ0) is 16.2. The van der Waals surface area contributed by atoms with Crippen LogP contribution in [-0.2, 0) is 4.79 Å². The van der Waals surface area contributed by atoms with Crippen LogP contribution < -0.4 is 10.6 Å². The van der Waals surface area contributed by atoms with Crippen LogP contribution in [0.3, 0.4) is 0 Å². The minimum atomic E-state index is -0.300. The van der Waals surface area contributed by atoms with Crippen LogP contribution in [0, 0.1) is 11.8 Å². The predicted molar refractivity (Wildman–Crippen MR) is 93.4 cm³/mol. The molecule has 1 aliphatic rings. The first-order valence-corrected chi connectivity index (χ1v) is 7.95. The van der Waals surface area contributed by atoms with E-state index in [4.69, 9.17) is 17.3 Å². The number of amides is 1. The van der Waals surface area contributed by atoms with Crippen LogP contribution in [0.2, 0.25) is 5.02 Å². The summed E-state index contributed by atoms with van der Waals surface area (Å²) in [6, 6.07) is 15.2. The van der Waals surface area contributed by atoms with E-state index in [1.54, 1.807) is 0 Å². The standard InChI is InChI=1S/C19H17ClN2O/c20-16-13-15(9-8-14-5-2-1-3-6-14)10-11-17(16)22-12-4-7-18(22)19(21)23/h1-3,5-6,10-11,13,18H,4,7,12H2,(H2,21,23)/t18-/m1/s1. The van der Waals surface area contributed by atoms with E-state index in [1.807, 2.05) is 53.4 Å². The Kier molecular flexibility index (Phi) is 4.55. The molecule has 1 amide bonds. The van der Waals surface area contributed by atoms with E-state index in [1.165, 1.54) is 0 Å². The number of rotatable bonds is 2. The van der Waals surface area contributed by atoms with E-state index in [2.05, 4.69) is 11.8 Å². The molecule has 1 saturated heterocycles. The third-order valence-corrected chi connectivity index (χ3v) is 4.27. The van der Waals surface area contributed by atoms with E-state index in [-0.39, 0.29) is 11.9 Å². The zero-order valence-corrected chi connectivity index (χ0v) is 13.4. The van der Waals surface area contributed by atoms with Crippen molar-refractivity contribution in [2.24, 2.45) is 5.73 Å². The first kappa shape index (κ1) is 15.5. The summed E-state index contributed by atoms with van der Waals surface area (Å²) in [5, 5.41) is 0.595. The summed E-state index contributed by atoms with van der Waals surface area (Å²) >= 11 is 6.40. The van der Waals surface area contributed by atoms with Gasteiger partial charge in [0.25, 0.3) is 0 Å². The first-order chi connectivity index (χ1) is 11.1. The van der Waals surface area contributed by atoms with Gasteiger partial charge in [-0.25, -0.2) is 0 Å². The van der Waals surface area contributed by atoms with Gasteiger partial charge in [-0.05, 0) is 43.2 Å². The Hall–Kier alpha value is -2.44. The van der Waals surface area contributed by atoms with Gasteiger partial charge in [0, 0.05) is 17.7 Å². The zero-order valence-electron chi connectivity index (χ0n) is 12.6. The van der Waals surface area contributed by atoms with Crippen molar-refractivity contribution in [2.45, 2.75) is 18.9 Å². The molecule has 4 heteroatoms. The van der Waals surface area contributed by atoms with Crippen molar-refractivity contribution >= 4 is 23.2 Å². The molecule has 1 heterocycles. The Labute approximate surface area is 141 Å². The number of halogens is 1. The molecule has 1 aliphatic heterocycles. The van der Waals surface area contributed by atoms with Gasteiger partial charge in [-0.2, -0.15) is 0 Å². The highest BCUT2D eigenvalue weighted by Gasteiger charge is 2.30. The molecule has 0 aromatic heterocycles. The van der Waals surface area contributed by atoms with Gasteiger partial charge >= 0.3 is 0 Å². The quantitative estimate of drug-likeness (QED) is 0.862. The molecule has 2 aromatic rings. The monoisotopic (exact) mass is 324 g/mol. The average molecular weight is 325 g/mol. The molecule has 0 radical (unpaired) electrons. The van der Waals surface area contributed by atoms with Crippen LogP contribution in [0.15, 0.2) is 48.5 Å². The van der Waals surface area contributed by atoms with Crippen molar-refractivity contribution < 1.29 is 4.79 Å². The van der Waals surface area contributed by atoms with E-state index < -0.39 is 0 Å². The highest BCUT2D eigenvalue weighted by molar-refractivity contribution is 6.33. The predicted octanol–water partition coefficient (Wildman–Crippen LogP) is 3.19. The van der Waals surface area contributed by atoms with E-state index in [0.29, 0.717) is 5.02 Å². The van der Waals surface area contributed by atoms with Gasteiger partial charge in [0.2, 0.25) is 5.91 Å². The molecule has 1 fully saturated rings.